The van der Waals surface area contributed by atoms with Gasteiger partial charge in [-0.05, 0) is 63.9 Å². The number of likely N-dealkylation sites (tertiary alicyclic amines) is 1. The molecule has 1 aromatic heterocycles. The van der Waals surface area contributed by atoms with Crippen LogP contribution >= 0.6 is 11.3 Å². The lowest BCUT2D eigenvalue weighted by Crippen LogP contribution is -2.34. The number of carbonyl (C=O) groups is 1. The van der Waals surface area contributed by atoms with Gasteiger partial charge in [-0.1, -0.05) is 12.1 Å². The van der Waals surface area contributed by atoms with Gasteiger partial charge in [0.05, 0.1) is 0 Å². The summed E-state index contributed by atoms with van der Waals surface area (Å²) in [5.41, 5.74) is 1.93. The van der Waals surface area contributed by atoms with Crippen LogP contribution in [0.2, 0.25) is 0 Å². The molecule has 7 nitrogen and oxygen atoms in total. The molecule has 1 aliphatic heterocycles. The molecule has 1 fully saturated rings. The molecule has 3 rings (SSSR count). The maximum atomic E-state index is 12.8. The zero-order valence-electron chi connectivity index (χ0n) is 18.1. The monoisotopic (exact) mass is 439 g/mol. The third-order valence-electron chi connectivity index (χ3n) is 5.35. The van der Waals surface area contributed by atoms with Gasteiger partial charge >= 0.3 is 0 Å². The first-order valence-electron chi connectivity index (χ1n) is 10.8. The lowest BCUT2D eigenvalue weighted by atomic mass is 10.1. The molecule has 8 heteroatoms. The van der Waals surface area contributed by atoms with E-state index in [0.29, 0.717) is 22.3 Å². The summed E-state index contributed by atoms with van der Waals surface area (Å²) in [6.45, 7) is 7.92. The van der Waals surface area contributed by atoms with E-state index in [-0.39, 0.29) is 11.1 Å². The Balaban J connectivity index is 1.79. The van der Waals surface area contributed by atoms with Gasteiger partial charge in [-0.15, -0.1) is 11.3 Å². The average Bonchev–Trinajstić information content (AvgIpc) is 3.40. The zero-order valence-corrected chi connectivity index (χ0v) is 18.9. The summed E-state index contributed by atoms with van der Waals surface area (Å²) in [4.78, 5) is 27.5. The minimum absolute atomic E-state index is 0.0344. The number of hydrogen-bond acceptors (Lipinski definition) is 6. The molecular formula is C23H29N5O2S. The molecule has 1 aromatic carbocycles. The van der Waals surface area contributed by atoms with E-state index in [1.807, 2.05) is 25.1 Å². The number of amides is 1. The van der Waals surface area contributed by atoms with Gasteiger partial charge in [-0.2, -0.15) is 5.26 Å². The molecule has 31 heavy (non-hydrogen) atoms. The largest absolute Gasteiger partial charge is 0.360 e. The third kappa shape index (κ3) is 5.63. The Hall–Kier alpha value is -2.89. The predicted octanol–water partition coefficient (Wildman–Crippen LogP) is 1.23. The van der Waals surface area contributed by atoms with Crippen molar-refractivity contribution in [3.05, 3.63) is 49.4 Å². The van der Waals surface area contributed by atoms with Crippen LogP contribution in [0.3, 0.4) is 0 Å². The Bertz CT molecular complexity index is 1120. The van der Waals surface area contributed by atoms with E-state index in [0.717, 1.165) is 30.0 Å². The summed E-state index contributed by atoms with van der Waals surface area (Å²) in [7, 11) is 0. The number of hydrogen-bond donors (Lipinski definition) is 2. The quantitative estimate of drug-likeness (QED) is 0.646. The fourth-order valence-electron chi connectivity index (χ4n) is 3.65. The van der Waals surface area contributed by atoms with Gasteiger partial charge in [0.15, 0.2) is 5.57 Å². The van der Waals surface area contributed by atoms with E-state index in [2.05, 4.69) is 27.7 Å². The highest BCUT2D eigenvalue weighted by atomic mass is 32.1. The molecule has 0 spiro atoms. The van der Waals surface area contributed by atoms with Crippen molar-refractivity contribution < 1.29 is 4.79 Å². The number of carbonyl (C=O) groups excluding carboxylic acids is 1. The van der Waals surface area contributed by atoms with Crippen molar-refractivity contribution in [2.75, 3.05) is 31.5 Å². The first kappa shape index (κ1) is 22.8. The smallest absolute Gasteiger partial charge is 0.270 e. The molecule has 0 atom stereocenters. The Labute approximate surface area is 186 Å². The van der Waals surface area contributed by atoms with Crippen LogP contribution in [0.4, 0.5) is 5.69 Å². The molecule has 164 valence electrons. The SMILES string of the molecule is CCNC(=O)/C(C#N)=c1\s/c(=C/Nc2ccc(CCN3CCCC3)cc2)c(=O)n1CC. The highest BCUT2D eigenvalue weighted by Crippen LogP contribution is 2.12. The van der Waals surface area contributed by atoms with Crippen molar-refractivity contribution in [2.24, 2.45) is 0 Å². The summed E-state index contributed by atoms with van der Waals surface area (Å²) in [6.07, 6.45) is 5.29. The molecule has 0 bridgehead atoms. The lowest BCUT2D eigenvalue weighted by molar-refractivity contribution is -0.115. The van der Waals surface area contributed by atoms with Crippen molar-refractivity contribution in [1.82, 2.24) is 14.8 Å². The number of benzene rings is 1. The number of nitrogens with one attached hydrogen (secondary N) is 2. The van der Waals surface area contributed by atoms with Gasteiger partial charge in [0.25, 0.3) is 11.5 Å². The minimum Gasteiger partial charge on any atom is -0.360 e. The predicted molar refractivity (Wildman–Crippen MR) is 125 cm³/mol. The van der Waals surface area contributed by atoms with E-state index in [9.17, 15) is 14.9 Å². The topological polar surface area (TPSA) is 90.2 Å². The fraction of sp³-hybridized carbons (Fsp3) is 0.435. The highest BCUT2D eigenvalue weighted by Gasteiger charge is 2.14. The van der Waals surface area contributed by atoms with Crippen LogP contribution in [-0.4, -0.2) is 41.6 Å². The van der Waals surface area contributed by atoms with Crippen molar-refractivity contribution in [1.29, 1.82) is 5.26 Å². The fourth-order valence-corrected chi connectivity index (χ4v) is 4.73. The second-order valence-corrected chi connectivity index (χ2v) is 8.48. The molecule has 0 saturated carbocycles. The van der Waals surface area contributed by atoms with Crippen LogP contribution in [0, 0.1) is 11.3 Å². The minimum atomic E-state index is -0.461. The van der Waals surface area contributed by atoms with Gasteiger partial charge in [0.1, 0.15) is 15.3 Å². The van der Waals surface area contributed by atoms with Gasteiger partial charge in [-0.3, -0.25) is 14.2 Å². The number of nitrogens with zero attached hydrogens (tertiary/aromatic N) is 3. The molecule has 0 aliphatic carbocycles. The van der Waals surface area contributed by atoms with Crippen LogP contribution in [0.25, 0.3) is 11.8 Å². The summed E-state index contributed by atoms with van der Waals surface area (Å²) in [6, 6.07) is 10.2. The zero-order chi connectivity index (χ0) is 22.2. The van der Waals surface area contributed by atoms with Crippen LogP contribution in [0.5, 0.6) is 0 Å². The summed E-state index contributed by atoms with van der Waals surface area (Å²) < 4.78 is 2.30. The molecule has 2 heterocycles. The molecule has 1 aliphatic rings. The van der Waals surface area contributed by atoms with Crippen LogP contribution in [-0.2, 0) is 17.8 Å². The van der Waals surface area contributed by atoms with Crippen LogP contribution in [0.1, 0.15) is 32.3 Å². The standard InChI is InChI=1S/C23H29N5O2S/c1-3-25-21(29)19(15-24)23-28(4-2)22(30)20(31-23)16-26-18-9-7-17(8-10-18)11-14-27-12-5-6-13-27/h7-10,16,26H,3-6,11-14H2,1-2H3,(H,25,29)/b20-16+,23-19-. The highest BCUT2D eigenvalue weighted by molar-refractivity contribution is 7.07. The normalized spacial score (nSPS) is 15.6. The van der Waals surface area contributed by atoms with Crippen molar-refractivity contribution in [2.45, 2.75) is 39.7 Å². The maximum Gasteiger partial charge on any atom is 0.270 e. The Morgan fingerprint density at radius 1 is 1.23 bits per heavy atom. The Morgan fingerprint density at radius 3 is 2.55 bits per heavy atom. The summed E-state index contributed by atoms with van der Waals surface area (Å²) >= 11 is 1.15. The molecule has 0 radical (unpaired) electrons. The Morgan fingerprint density at radius 2 is 1.94 bits per heavy atom. The van der Waals surface area contributed by atoms with Gasteiger partial charge in [0.2, 0.25) is 0 Å². The van der Waals surface area contributed by atoms with Crippen LogP contribution < -0.4 is 25.4 Å². The van der Waals surface area contributed by atoms with E-state index >= 15 is 0 Å². The Kier molecular flexibility index (Phi) is 8.04. The maximum absolute atomic E-state index is 12.8. The van der Waals surface area contributed by atoms with E-state index in [4.69, 9.17) is 0 Å². The molecule has 1 saturated heterocycles. The number of rotatable bonds is 8. The molecular weight excluding hydrogens is 410 g/mol. The second kappa shape index (κ2) is 10.9. The second-order valence-electron chi connectivity index (χ2n) is 7.45. The van der Waals surface area contributed by atoms with Gasteiger partial charge in [-0.25, -0.2) is 0 Å². The number of anilines is 1. The van der Waals surface area contributed by atoms with Gasteiger partial charge in [0, 0.05) is 31.5 Å². The van der Waals surface area contributed by atoms with Crippen molar-refractivity contribution in [3.8, 4) is 6.07 Å². The van der Waals surface area contributed by atoms with Crippen LogP contribution in [0.15, 0.2) is 29.1 Å². The van der Waals surface area contributed by atoms with E-state index in [1.165, 1.54) is 36.1 Å². The average molecular weight is 440 g/mol. The molecule has 2 aromatic rings. The first-order chi connectivity index (χ1) is 15.1. The number of thiazole rings is 1. The van der Waals surface area contributed by atoms with E-state index in [1.54, 1.807) is 13.1 Å². The summed E-state index contributed by atoms with van der Waals surface area (Å²) in [5.74, 6) is -0.461. The van der Waals surface area contributed by atoms with Gasteiger partial charge < -0.3 is 15.5 Å². The lowest BCUT2D eigenvalue weighted by Gasteiger charge is -2.14. The van der Waals surface area contributed by atoms with Crippen molar-refractivity contribution in [3.63, 3.8) is 0 Å². The van der Waals surface area contributed by atoms with Crippen molar-refractivity contribution >= 4 is 34.7 Å². The molecule has 0 unspecified atom stereocenters. The number of aromatic nitrogens is 1. The van der Waals surface area contributed by atoms with E-state index < -0.39 is 5.91 Å². The summed E-state index contributed by atoms with van der Waals surface area (Å²) in [5, 5.41) is 15.3. The molecule has 2 N–H and O–H groups in total. The molecule has 1 amide bonds. The first-order valence-corrected chi connectivity index (χ1v) is 11.6. The third-order valence-corrected chi connectivity index (χ3v) is 6.48. The number of nitriles is 1.